The van der Waals surface area contributed by atoms with Gasteiger partial charge in [0.1, 0.15) is 0 Å². The van der Waals surface area contributed by atoms with Gasteiger partial charge in [0.25, 0.3) is 0 Å². The van der Waals surface area contributed by atoms with E-state index in [0.29, 0.717) is 0 Å². The fraction of sp³-hybridized carbons (Fsp3) is 0.400. The second-order valence-electron chi connectivity index (χ2n) is 6.34. The van der Waals surface area contributed by atoms with Gasteiger partial charge in [-0.3, -0.25) is 0 Å². The van der Waals surface area contributed by atoms with Crippen LogP contribution in [-0.2, 0) is 34.9 Å². The van der Waals surface area contributed by atoms with Crippen LogP contribution in [0.5, 0.6) is 0 Å². The smallest absolute Gasteiger partial charge is 0.156 e. The predicted molar refractivity (Wildman–Crippen MR) is 97.4 cm³/mol. The van der Waals surface area contributed by atoms with Crippen LogP contribution in [-0.4, -0.2) is 13.7 Å². The number of hydrogen-bond donors (Lipinski definition) is 0. The molecule has 0 radical (unpaired) electrons. The number of hydrogen-bond acceptors (Lipinski definition) is 2. The van der Waals surface area contributed by atoms with E-state index in [9.17, 15) is 8.42 Å². The molecule has 0 aliphatic heterocycles. The highest BCUT2D eigenvalue weighted by Gasteiger charge is 2.16. The van der Waals surface area contributed by atoms with E-state index in [-0.39, 0.29) is 11.0 Å². The van der Waals surface area contributed by atoms with Gasteiger partial charge in [-0.05, 0) is 55.4 Å². The Hall–Kier alpha value is -1.61. The van der Waals surface area contributed by atoms with Crippen molar-refractivity contribution in [1.29, 1.82) is 0 Å². The molecule has 0 fully saturated rings. The van der Waals surface area contributed by atoms with E-state index in [0.717, 1.165) is 24.8 Å². The molecular formula is C20H26O2S. The molecule has 0 bridgehead atoms. The Morgan fingerprint density at radius 2 is 1.13 bits per heavy atom. The third kappa shape index (κ3) is 5.21. The second-order valence-corrected chi connectivity index (χ2v) is 8.90. The van der Waals surface area contributed by atoms with Gasteiger partial charge in [0, 0.05) is 0 Å². The standard InChI is InChI=1S/C20H26O2S/c1-4-17-5-7-18(8-6-17)9-10-19-11-13-20(14-12-19)15-23(21,22)16(2)3/h5-8,11-14,16H,4,9-10,15H2,1-3H3. The maximum Gasteiger partial charge on any atom is 0.156 e. The van der Waals surface area contributed by atoms with Crippen LogP contribution < -0.4 is 0 Å². The highest BCUT2D eigenvalue weighted by atomic mass is 32.2. The monoisotopic (exact) mass is 330 g/mol. The third-order valence-electron chi connectivity index (χ3n) is 4.24. The number of aryl methyl sites for hydroxylation is 3. The van der Waals surface area contributed by atoms with Crippen molar-refractivity contribution >= 4 is 9.84 Å². The van der Waals surface area contributed by atoms with E-state index in [1.165, 1.54) is 16.7 Å². The maximum absolute atomic E-state index is 11.9. The molecule has 0 saturated carbocycles. The SMILES string of the molecule is CCc1ccc(CCc2ccc(CS(=O)(=O)C(C)C)cc2)cc1. The molecule has 0 heterocycles. The summed E-state index contributed by atoms with van der Waals surface area (Å²) in [6.45, 7) is 5.62. The van der Waals surface area contributed by atoms with Crippen molar-refractivity contribution in [1.82, 2.24) is 0 Å². The predicted octanol–water partition coefficient (Wildman–Crippen LogP) is 4.36. The average Bonchev–Trinajstić information content (AvgIpc) is 2.54. The topological polar surface area (TPSA) is 34.1 Å². The van der Waals surface area contributed by atoms with E-state index >= 15 is 0 Å². The fourth-order valence-electron chi connectivity index (χ4n) is 2.43. The van der Waals surface area contributed by atoms with Crippen LogP contribution in [0.1, 0.15) is 43.0 Å². The summed E-state index contributed by atoms with van der Waals surface area (Å²) < 4.78 is 23.9. The zero-order valence-corrected chi connectivity index (χ0v) is 15.1. The first-order valence-corrected chi connectivity index (χ1v) is 9.99. The van der Waals surface area contributed by atoms with E-state index < -0.39 is 9.84 Å². The van der Waals surface area contributed by atoms with Crippen molar-refractivity contribution in [2.24, 2.45) is 0 Å². The number of benzene rings is 2. The van der Waals surface area contributed by atoms with E-state index in [4.69, 9.17) is 0 Å². The van der Waals surface area contributed by atoms with Crippen molar-refractivity contribution < 1.29 is 8.42 Å². The number of rotatable bonds is 7. The first-order valence-electron chi connectivity index (χ1n) is 8.28. The van der Waals surface area contributed by atoms with Crippen LogP contribution in [0.2, 0.25) is 0 Å². The van der Waals surface area contributed by atoms with Gasteiger partial charge in [-0.1, -0.05) is 55.5 Å². The Kier molecular flexibility index (Phi) is 6.00. The van der Waals surface area contributed by atoms with E-state index in [1.54, 1.807) is 13.8 Å². The Morgan fingerprint density at radius 3 is 1.52 bits per heavy atom. The summed E-state index contributed by atoms with van der Waals surface area (Å²) in [5.41, 5.74) is 4.82. The van der Waals surface area contributed by atoms with Gasteiger partial charge in [0.15, 0.2) is 9.84 Å². The Balaban J connectivity index is 1.94. The normalized spacial score (nSPS) is 11.8. The lowest BCUT2D eigenvalue weighted by Gasteiger charge is -2.08. The molecular weight excluding hydrogens is 304 g/mol. The van der Waals surface area contributed by atoms with Crippen molar-refractivity contribution in [3.05, 3.63) is 70.8 Å². The lowest BCUT2D eigenvalue weighted by Crippen LogP contribution is -2.15. The zero-order chi connectivity index (χ0) is 16.9. The van der Waals surface area contributed by atoms with Crippen molar-refractivity contribution in [2.45, 2.75) is 51.0 Å². The molecule has 0 saturated heterocycles. The van der Waals surface area contributed by atoms with Gasteiger partial charge in [-0.25, -0.2) is 8.42 Å². The Labute approximate surface area is 140 Å². The summed E-state index contributed by atoms with van der Waals surface area (Å²) in [5, 5.41) is -0.326. The lowest BCUT2D eigenvalue weighted by atomic mass is 10.0. The van der Waals surface area contributed by atoms with Crippen molar-refractivity contribution in [3.63, 3.8) is 0 Å². The minimum atomic E-state index is -3.03. The fourth-order valence-corrected chi connectivity index (χ4v) is 3.42. The summed E-state index contributed by atoms with van der Waals surface area (Å²) in [7, 11) is -3.03. The van der Waals surface area contributed by atoms with Crippen LogP contribution in [0.15, 0.2) is 48.5 Å². The number of sulfone groups is 1. The van der Waals surface area contributed by atoms with Gasteiger partial charge in [0.2, 0.25) is 0 Å². The molecule has 3 heteroatoms. The molecule has 124 valence electrons. The largest absolute Gasteiger partial charge is 0.228 e. The summed E-state index contributed by atoms with van der Waals surface area (Å²) in [4.78, 5) is 0. The van der Waals surface area contributed by atoms with Crippen molar-refractivity contribution in [3.8, 4) is 0 Å². The Morgan fingerprint density at radius 1 is 0.739 bits per heavy atom. The molecule has 0 aliphatic rings. The molecule has 0 N–H and O–H groups in total. The minimum absolute atomic E-state index is 0.128. The van der Waals surface area contributed by atoms with Crippen LogP contribution in [0, 0.1) is 0 Å². The molecule has 2 aromatic carbocycles. The van der Waals surface area contributed by atoms with Gasteiger partial charge in [-0.15, -0.1) is 0 Å². The quantitative estimate of drug-likeness (QED) is 0.756. The molecule has 2 nitrogen and oxygen atoms in total. The van der Waals surface area contributed by atoms with Gasteiger partial charge in [0.05, 0.1) is 11.0 Å². The summed E-state index contributed by atoms with van der Waals surface area (Å²) in [6, 6.07) is 16.7. The minimum Gasteiger partial charge on any atom is -0.228 e. The third-order valence-corrected chi connectivity index (χ3v) is 6.41. The van der Waals surface area contributed by atoms with Gasteiger partial charge >= 0.3 is 0 Å². The molecule has 0 aromatic heterocycles. The summed E-state index contributed by atoms with van der Waals surface area (Å²) in [6.07, 6.45) is 3.05. The van der Waals surface area contributed by atoms with E-state index in [1.807, 2.05) is 24.3 Å². The van der Waals surface area contributed by atoms with Gasteiger partial charge < -0.3 is 0 Å². The molecule has 0 aliphatic carbocycles. The Bertz CT molecular complexity index is 711. The van der Waals surface area contributed by atoms with Crippen LogP contribution in [0.4, 0.5) is 0 Å². The summed E-state index contributed by atoms with van der Waals surface area (Å²) >= 11 is 0. The molecule has 2 aromatic rings. The first kappa shape index (κ1) is 17.7. The van der Waals surface area contributed by atoms with Crippen LogP contribution in [0.25, 0.3) is 0 Å². The molecule has 0 spiro atoms. The summed E-state index contributed by atoms with van der Waals surface area (Å²) in [5.74, 6) is 0.128. The van der Waals surface area contributed by atoms with E-state index in [2.05, 4.69) is 31.2 Å². The highest BCUT2D eigenvalue weighted by Crippen LogP contribution is 2.14. The zero-order valence-electron chi connectivity index (χ0n) is 14.2. The first-order chi connectivity index (χ1) is 10.9. The average molecular weight is 330 g/mol. The molecule has 0 unspecified atom stereocenters. The molecule has 2 rings (SSSR count). The molecule has 0 atom stereocenters. The highest BCUT2D eigenvalue weighted by molar-refractivity contribution is 7.91. The maximum atomic E-state index is 11.9. The van der Waals surface area contributed by atoms with Crippen molar-refractivity contribution in [2.75, 3.05) is 0 Å². The van der Waals surface area contributed by atoms with Crippen LogP contribution >= 0.6 is 0 Å². The van der Waals surface area contributed by atoms with Crippen LogP contribution in [0.3, 0.4) is 0 Å². The van der Waals surface area contributed by atoms with Gasteiger partial charge in [-0.2, -0.15) is 0 Å². The second kappa shape index (κ2) is 7.78. The molecule has 0 amide bonds. The molecule has 23 heavy (non-hydrogen) atoms. The lowest BCUT2D eigenvalue weighted by molar-refractivity contribution is 0.586.